The van der Waals surface area contributed by atoms with Gasteiger partial charge in [-0.25, -0.2) is 19.7 Å². The molecule has 0 saturated heterocycles. The number of rotatable bonds is 4. The summed E-state index contributed by atoms with van der Waals surface area (Å²) in [4.78, 5) is 41.8. The van der Waals surface area contributed by atoms with E-state index < -0.39 is 12.4 Å². The van der Waals surface area contributed by atoms with E-state index in [1.54, 1.807) is 13.3 Å². The zero-order chi connectivity index (χ0) is 27.3. The molecule has 198 valence electrons. The first kappa shape index (κ1) is 24.6. The molecule has 0 spiro atoms. The first-order valence-electron chi connectivity index (χ1n) is 12.0. The van der Waals surface area contributed by atoms with Crippen molar-refractivity contribution < 1.29 is 23.7 Å². The number of thiazole rings is 1. The Morgan fingerprint density at radius 1 is 1.18 bits per heavy atom. The Hall–Kier alpha value is -4.71. The molecule has 3 aromatic heterocycles. The van der Waals surface area contributed by atoms with Gasteiger partial charge in [-0.05, 0) is 49.2 Å². The summed E-state index contributed by atoms with van der Waals surface area (Å²) in [6, 6.07) is 8.67. The number of nitrogens with one attached hydrogen (secondary N) is 1. The van der Waals surface area contributed by atoms with Crippen molar-refractivity contribution in [2.45, 2.75) is 20.1 Å². The van der Waals surface area contributed by atoms with Gasteiger partial charge in [-0.3, -0.25) is 9.69 Å². The fourth-order valence-electron chi connectivity index (χ4n) is 4.33. The van der Waals surface area contributed by atoms with E-state index in [1.165, 1.54) is 41.6 Å². The Balaban J connectivity index is 1.30. The maximum Gasteiger partial charge on any atom is 0.417 e. The number of hydrogen-bond acceptors (Lipinski definition) is 10. The van der Waals surface area contributed by atoms with Crippen LogP contribution in [-0.4, -0.2) is 53.1 Å². The van der Waals surface area contributed by atoms with Gasteiger partial charge < -0.3 is 23.9 Å². The van der Waals surface area contributed by atoms with Crippen molar-refractivity contribution in [1.82, 2.24) is 19.9 Å². The highest BCUT2D eigenvalue weighted by Crippen LogP contribution is 2.46. The summed E-state index contributed by atoms with van der Waals surface area (Å²) < 4.78 is 23.7. The molecule has 5 aromatic rings. The molecule has 1 aliphatic rings. The maximum absolute atomic E-state index is 12.7. The normalized spacial score (nSPS) is 14.4. The minimum Gasteiger partial charge on any atom is -0.480 e. The van der Waals surface area contributed by atoms with Gasteiger partial charge in [-0.2, -0.15) is 0 Å². The van der Waals surface area contributed by atoms with Crippen molar-refractivity contribution >= 4 is 44.4 Å². The largest absolute Gasteiger partial charge is 0.480 e. The minimum absolute atomic E-state index is 0.00223. The van der Waals surface area contributed by atoms with Crippen LogP contribution in [0.5, 0.6) is 17.4 Å². The number of fused-ring (bicyclic) bond motifs is 4. The average molecular weight is 546 g/mol. The van der Waals surface area contributed by atoms with E-state index in [-0.39, 0.29) is 12.2 Å². The van der Waals surface area contributed by atoms with Crippen LogP contribution in [-0.2, 0) is 4.74 Å². The molecule has 1 amide bonds. The van der Waals surface area contributed by atoms with Crippen molar-refractivity contribution in [2.24, 2.45) is 0 Å². The second-order valence-electron chi connectivity index (χ2n) is 9.02. The third-order valence-corrected chi connectivity index (χ3v) is 7.36. The summed E-state index contributed by atoms with van der Waals surface area (Å²) in [7, 11) is 3.10. The smallest absolute Gasteiger partial charge is 0.417 e. The SMILES string of the molecule is COc1cnc2c(-c3nc4c(C)cc5c(c4s3)OCC(OC(=O)N(C)c3ccc(=O)[nH]c3)O5)cc(C)cc2n1. The standard InChI is InChI=1S/C27H23N5O6S/c1-13-7-16(23-17(8-13)30-20(35-4)11-29-23)26-31-22-14(2)9-18-24(25(22)39-26)36-12-21(37-18)38-27(34)32(3)15-5-6-19(33)28-10-15/h5-11,21H,12H2,1-4H3,(H,28,33). The molecule has 1 N–H and O–H groups in total. The maximum atomic E-state index is 12.7. The van der Waals surface area contributed by atoms with Crippen LogP contribution in [0.4, 0.5) is 10.5 Å². The van der Waals surface area contributed by atoms with E-state index in [4.69, 9.17) is 23.9 Å². The monoisotopic (exact) mass is 545 g/mol. The van der Waals surface area contributed by atoms with E-state index >= 15 is 0 Å². The minimum atomic E-state index is -0.953. The number of carbonyl (C=O) groups excluding carboxylic acids is 1. The third-order valence-electron chi connectivity index (χ3n) is 6.27. The Bertz CT molecular complexity index is 1800. The van der Waals surface area contributed by atoms with Crippen LogP contribution in [0.25, 0.3) is 31.8 Å². The molecule has 6 rings (SSSR count). The molecule has 0 saturated carbocycles. The first-order chi connectivity index (χ1) is 18.8. The molecule has 0 bridgehead atoms. The highest BCUT2D eigenvalue weighted by atomic mass is 32.1. The molecule has 39 heavy (non-hydrogen) atoms. The van der Waals surface area contributed by atoms with Gasteiger partial charge in [0.25, 0.3) is 6.29 Å². The number of carbonyl (C=O) groups is 1. The summed E-state index contributed by atoms with van der Waals surface area (Å²) in [5.41, 5.74) is 5.22. The second-order valence-corrected chi connectivity index (χ2v) is 10.0. The van der Waals surface area contributed by atoms with E-state index in [0.29, 0.717) is 23.1 Å². The lowest BCUT2D eigenvalue weighted by Crippen LogP contribution is -2.38. The van der Waals surface area contributed by atoms with Crippen molar-refractivity contribution in [1.29, 1.82) is 0 Å². The van der Waals surface area contributed by atoms with Gasteiger partial charge in [0.1, 0.15) is 9.71 Å². The van der Waals surface area contributed by atoms with Crippen molar-refractivity contribution in [3.63, 3.8) is 0 Å². The van der Waals surface area contributed by atoms with Crippen molar-refractivity contribution in [2.75, 3.05) is 25.7 Å². The fraction of sp³-hybridized carbons (Fsp3) is 0.222. The van der Waals surface area contributed by atoms with Crippen LogP contribution in [0.2, 0.25) is 0 Å². The van der Waals surface area contributed by atoms with E-state index in [0.717, 1.165) is 42.9 Å². The summed E-state index contributed by atoms with van der Waals surface area (Å²) in [6.07, 6.45) is 1.42. The van der Waals surface area contributed by atoms with Gasteiger partial charge in [0.05, 0.1) is 35.5 Å². The number of hydrogen-bond donors (Lipinski definition) is 1. The molecular formula is C27H23N5O6S. The molecular weight excluding hydrogens is 522 g/mol. The highest BCUT2D eigenvalue weighted by molar-refractivity contribution is 7.22. The number of aryl methyl sites for hydroxylation is 2. The highest BCUT2D eigenvalue weighted by Gasteiger charge is 2.30. The molecule has 12 heteroatoms. The van der Waals surface area contributed by atoms with Crippen molar-refractivity contribution in [3.05, 3.63) is 64.2 Å². The van der Waals surface area contributed by atoms with Gasteiger partial charge in [-0.1, -0.05) is 0 Å². The van der Waals surface area contributed by atoms with Gasteiger partial charge in [0.2, 0.25) is 11.4 Å². The van der Waals surface area contributed by atoms with Crippen LogP contribution in [0.1, 0.15) is 11.1 Å². The second kappa shape index (κ2) is 9.55. The average Bonchev–Trinajstić information content (AvgIpc) is 3.38. The molecule has 4 heterocycles. The molecule has 1 unspecified atom stereocenters. The Morgan fingerprint density at radius 3 is 2.79 bits per heavy atom. The van der Waals surface area contributed by atoms with Gasteiger partial charge in [0, 0.05) is 24.9 Å². The Labute approximate surface area is 226 Å². The summed E-state index contributed by atoms with van der Waals surface area (Å²) in [6.45, 7) is 3.94. The number of aromatic nitrogens is 4. The molecule has 2 aromatic carbocycles. The quantitative estimate of drug-likeness (QED) is 0.345. The molecule has 1 atom stereocenters. The fourth-order valence-corrected chi connectivity index (χ4v) is 5.48. The van der Waals surface area contributed by atoms with E-state index in [9.17, 15) is 9.59 Å². The molecule has 1 aliphatic heterocycles. The van der Waals surface area contributed by atoms with Gasteiger partial charge in [-0.15, -0.1) is 11.3 Å². The third kappa shape index (κ3) is 4.48. The Kier molecular flexibility index (Phi) is 6.03. The number of aromatic amines is 1. The van der Waals surface area contributed by atoms with Crippen LogP contribution in [0.15, 0.2) is 47.5 Å². The zero-order valence-corrected chi connectivity index (χ0v) is 22.3. The lowest BCUT2D eigenvalue weighted by molar-refractivity contribution is -0.0718. The number of H-pyrrole nitrogens is 1. The molecule has 0 fully saturated rings. The summed E-state index contributed by atoms with van der Waals surface area (Å²) in [5, 5.41) is 0.773. The molecule has 11 nitrogen and oxygen atoms in total. The Morgan fingerprint density at radius 2 is 2.03 bits per heavy atom. The van der Waals surface area contributed by atoms with Crippen LogP contribution in [0.3, 0.4) is 0 Å². The van der Waals surface area contributed by atoms with Gasteiger partial charge in [0.15, 0.2) is 18.1 Å². The predicted octanol–water partition coefficient (Wildman–Crippen LogP) is 4.59. The van der Waals surface area contributed by atoms with Gasteiger partial charge >= 0.3 is 6.09 Å². The summed E-state index contributed by atoms with van der Waals surface area (Å²) in [5.74, 6) is 1.45. The number of pyridine rings is 1. The number of amides is 1. The predicted molar refractivity (Wildman–Crippen MR) is 146 cm³/mol. The summed E-state index contributed by atoms with van der Waals surface area (Å²) >= 11 is 1.47. The van der Waals surface area contributed by atoms with Crippen LogP contribution in [0, 0.1) is 13.8 Å². The number of nitrogens with zero attached hydrogens (tertiary/aromatic N) is 4. The number of methoxy groups -OCH3 is 1. The first-order valence-corrected chi connectivity index (χ1v) is 12.8. The topological polar surface area (TPSA) is 129 Å². The number of benzene rings is 2. The van der Waals surface area contributed by atoms with E-state index in [1.807, 2.05) is 32.0 Å². The van der Waals surface area contributed by atoms with E-state index in [2.05, 4.69) is 15.0 Å². The number of ether oxygens (including phenoxy) is 4. The van der Waals surface area contributed by atoms with Crippen LogP contribution < -0.4 is 24.7 Å². The van der Waals surface area contributed by atoms with Crippen molar-refractivity contribution in [3.8, 4) is 28.0 Å². The molecule has 0 radical (unpaired) electrons. The number of anilines is 1. The lowest BCUT2D eigenvalue weighted by atomic mass is 10.1. The molecule has 0 aliphatic carbocycles. The lowest BCUT2D eigenvalue weighted by Gasteiger charge is -2.28. The van der Waals surface area contributed by atoms with Crippen LogP contribution >= 0.6 is 11.3 Å². The zero-order valence-electron chi connectivity index (χ0n) is 21.5.